The SMILES string of the molecule is CCOC(=O)c1c(CN)cc(C(F)F)nc1OC(F)(F)F. The summed E-state index contributed by atoms with van der Waals surface area (Å²) in [6.45, 7) is 0.820. The maximum absolute atomic E-state index is 12.6. The van der Waals surface area contributed by atoms with Gasteiger partial charge in [-0.2, -0.15) is 0 Å². The van der Waals surface area contributed by atoms with E-state index in [0.29, 0.717) is 0 Å². The smallest absolute Gasteiger partial charge is 0.462 e. The molecule has 1 aromatic heterocycles. The molecule has 2 N–H and O–H groups in total. The largest absolute Gasteiger partial charge is 0.574 e. The number of ether oxygens (including phenoxy) is 2. The summed E-state index contributed by atoms with van der Waals surface area (Å²) in [4.78, 5) is 14.7. The molecule has 0 spiro atoms. The lowest BCUT2D eigenvalue weighted by Crippen LogP contribution is -2.23. The van der Waals surface area contributed by atoms with Crippen molar-refractivity contribution in [1.82, 2.24) is 4.98 Å². The molecular formula is C11H11F5N2O3. The van der Waals surface area contributed by atoms with Crippen LogP contribution in [0, 0.1) is 0 Å². The molecule has 0 atom stereocenters. The maximum Gasteiger partial charge on any atom is 0.574 e. The molecule has 0 fully saturated rings. The van der Waals surface area contributed by atoms with Crippen LogP contribution in [0.4, 0.5) is 22.0 Å². The van der Waals surface area contributed by atoms with Crippen molar-refractivity contribution in [2.75, 3.05) is 6.61 Å². The lowest BCUT2D eigenvalue weighted by Gasteiger charge is -2.15. The average Bonchev–Trinajstić information content (AvgIpc) is 2.35. The first-order chi connectivity index (χ1) is 9.69. The molecule has 0 aromatic carbocycles. The number of aromatic nitrogens is 1. The molecule has 118 valence electrons. The quantitative estimate of drug-likeness (QED) is 0.668. The summed E-state index contributed by atoms with van der Waals surface area (Å²) in [5, 5.41) is 0. The second kappa shape index (κ2) is 6.66. The summed E-state index contributed by atoms with van der Waals surface area (Å²) >= 11 is 0. The molecule has 10 heteroatoms. The van der Waals surface area contributed by atoms with Crippen LogP contribution in [0.3, 0.4) is 0 Å². The second-order valence-electron chi connectivity index (χ2n) is 3.66. The minimum Gasteiger partial charge on any atom is -0.462 e. The first kappa shape index (κ1) is 17.1. The van der Waals surface area contributed by atoms with Gasteiger partial charge < -0.3 is 15.2 Å². The van der Waals surface area contributed by atoms with E-state index in [9.17, 15) is 26.7 Å². The van der Waals surface area contributed by atoms with Gasteiger partial charge in [-0.1, -0.05) is 0 Å². The van der Waals surface area contributed by atoms with Gasteiger partial charge in [-0.3, -0.25) is 0 Å². The van der Waals surface area contributed by atoms with Gasteiger partial charge in [0.1, 0.15) is 11.3 Å². The monoisotopic (exact) mass is 314 g/mol. The van der Waals surface area contributed by atoms with E-state index in [0.717, 1.165) is 6.07 Å². The van der Waals surface area contributed by atoms with Crippen molar-refractivity contribution in [1.29, 1.82) is 0 Å². The number of rotatable bonds is 5. The molecule has 0 saturated heterocycles. The zero-order chi connectivity index (χ0) is 16.2. The van der Waals surface area contributed by atoms with E-state index in [1.54, 1.807) is 0 Å². The van der Waals surface area contributed by atoms with Crippen molar-refractivity contribution in [2.45, 2.75) is 26.3 Å². The summed E-state index contributed by atoms with van der Waals surface area (Å²) in [7, 11) is 0. The van der Waals surface area contributed by atoms with E-state index in [1.807, 2.05) is 0 Å². The number of hydrogen-bond donors (Lipinski definition) is 1. The van der Waals surface area contributed by atoms with E-state index in [1.165, 1.54) is 6.92 Å². The van der Waals surface area contributed by atoms with Gasteiger partial charge in [-0.15, -0.1) is 13.2 Å². The van der Waals surface area contributed by atoms with Gasteiger partial charge in [0.15, 0.2) is 0 Å². The van der Waals surface area contributed by atoms with E-state index in [4.69, 9.17) is 5.73 Å². The van der Waals surface area contributed by atoms with Crippen LogP contribution in [0.1, 0.15) is 35.0 Å². The van der Waals surface area contributed by atoms with Crippen LogP contribution in [0.5, 0.6) is 5.88 Å². The predicted molar refractivity (Wildman–Crippen MR) is 59.7 cm³/mol. The third-order valence-electron chi connectivity index (χ3n) is 2.22. The first-order valence-electron chi connectivity index (χ1n) is 5.64. The Balaban J connectivity index is 3.45. The molecule has 1 heterocycles. The summed E-state index contributed by atoms with van der Waals surface area (Å²) in [5.41, 5.74) is 3.28. The summed E-state index contributed by atoms with van der Waals surface area (Å²) in [5.74, 6) is -2.50. The highest BCUT2D eigenvalue weighted by Gasteiger charge is 2.36. The third kappa shape index (κ3) is 4.52. The Hall–Kier alpha value is -1.97. The Morgan fingerprint density at radius 2 is 2.05 bits per heavy atom. The topological polar surface area (TPSA) is 74.4 Å². The van der Waals surface area contributed by atoms with E-state index in [2.05, 4.69) is 14.5 Å². The summed E-state index contributed by atoms with van der Waals surface area (Å²) in [6, 6.07) is 0.736. The Kier molecular flexibility index (Phi) is 5.41. The number of nitrogens with zero attached hydrogens (tertiary/aromatic N) is 1. The number of pyridine rings is 1. The number of hydrogen-bond acceptors (Lipinski definition) is 5. The zero-order valence-corrected chi connectivity index (χ0v) is 10.7. The maximum atomic E-state index is 12.6. The Morgan fingerprint density at radius 1 is 1.43 bits per heavy atom. The second-order valence-corrected chi connectivity index (χ2v) is 3.66. The first-order valence-corrected chi connectivity index (χ1v) is 5.64. The molecule has 0 aliphatic carbocycles. The lowest BCUT2D eigenvalue weighted by atomic mass is 10.1. The molecule has 0 aliphatic heterocycles. The van der Waals surface area contributed by atoms with Gasteiger partial charge >= 0.3 is 12.3 Å². The van der Waals surface area contributed by atoms with Crippen LogP contribution < -0.4 is 10.5 Å². The van der Waals surface area contributed by atoms with E-state index >= 15 is 0 Å². The molecule has 0 bridgehead atoms. The van der Waals surface area contributed by atoms with Crippen molar-refractivity contribution >= 4 is 5.97 Å². The fourth-order valence-corrected chi connectivity index (χ4v) is 1.47. The van der Waals surface area contributed by atoms with Crippen molar-refractivity contribution < 1.29 is 36.2 Å². The number of halogens is 5. The van der Waals surface area contributed by atoms with Crippen molar-refractivity contribution in [3.63, 3.8) is 0 Å². The molecule has 0 radical (unpaired) electrons. The van der Waals surface area contributed by atoms with Gasteiger partial charge in [0, 0.05) is 6.54 Å². The van der Waals surface area contributed by atoms with E-state index < -0.39 is 42.4 Å². The average molecular weight is 314 g/mol. The highest BCUT2D eigenvalue weighted by atomic mass is 19.4. The number of carbonyl (C=O) groups is 1. The number of carbonyl (C=O) groups excluding carboxylic acids is 1. The molecule has 1 rings (SSSR count). The van der Waals surface area contributed by atoms with Crippen LogP contribution in [0.15, 0.2) is 6.07 Å². The minimum atomic E-state index is -5.21. The molecule has 0 saturated carbocycles. The third-order valence-corrected chi connectivity index (χ3v) is 2.22. The van der Waals surface area contributed by atoms with Gasteiger partial charge in [0.25, 0.3) is 6.43 Å². The van der Waals surface area contributed by atoms with Gasteiger partial charge in [0.05, 0.1) is 6.61 Å². The molecule has 0 aliphatic rings. The molecule has 0 amide bonds. The highest BCUT2D eigenvalue weighted by molar-refractivity contribution is 5.93. The van der Waals surface area contributed by atoms with Gasteiger partial charge in [0.2, 0.25) is 5.88 Å². The highest BCUT2D eigenvalue weighted by Crippen LogP contribution is 2.31. The fraction of sp³-hybridized carbons (Fsp3) is 0.455. The van der Waals surface area contributed by atoms with Gasteiger partial charge in [-0.25, -0.2) is 18.6 Å². The van der Waals surface area contributed by atoms with Crippen LogP contribution in [-0.4, -0.2) is 23.9 Å². The molecule has 1 aromatic rings. The van der Waals surface area contributed by atoms with Crippen molar-refractivity contribution in [3.8, 4) is 5.88 Å². The van der Waals surface area contributed by atoms with Crippen molar-refractivity contribution in [3.05, 3.63) is 22.9 Å². The Labute approximate surface area is 115 Å². The Morgan fingerprint density at radius 3 is 2.48 bits per heavy atom. The van der Waals surface area contributed by atoms with Crippen LogP contribution >= 0.6 is 0 Å². The minimum absolute atomic E-state index is 0.134. The molecular weight excluding hydrogens is 303 g/mol. The zero-order valence-electron chi connectivity index (χ0n) is 10.7. The van der Waals surface area contributed by atoms with Crippen LogP contribution in [-0.2, 0) is 11.3 Å². The van der Waals surface area contributed by atoms with Crippen LogP contribution in [0.2, 0.25) is 0 Å². The number of alkyl halides is 5. The number of nitrogens with two attached hydrogens (primary N) is 1. The normalized spacial score (nSPS) is 11.6. The molecule has 5 nitrogen and oxygen atoms in total. The molecule has 21 heavy (non-hydrogen) atoms. The van der Waals surface area contributed by atoms with Crippen molar-refractivity contribution in [2.24, 2.45) is 5.73 Å². The van der Waals surface area contributed by atoms with Gasteiger partial charge in [-0.05, 0) is 18.6 Å². The lowest BCUT2D eigenvalue weighted by molar-refractivity contribution is -0.276. The molecule has 0 unspecified atom stereocenters. The standard InChI is InChI=1S/C11H11F5N2O3/c1-2-20-10(19)7-5(4-17)3-6(8(12)13)18-9(7)21-11(14,15)16/h3,8H,2,4,17H2,1H3. The summed E-state index contributed by atoms with van der Waals surface area (Å²) < 4.78 is 70.2. The van der Waals surface area contributed by atoms with Crippen LogP contribution in [0.25, 0.3) is 0 Å². The fourth-order valence-electron chi connectivity index (χ4n) is 1.47. The Bertz CT molecular complexity index is 519. The van der Waals surface area contributed by atoms with E-state index in [-0.39, 0.29) is 12.2 Å². The predicted octanol–water partition coefficient (Wildman–Crippen LogP) is 2.55. The summed E-state index contributed by atoms with van der Waals surface area (Å²) in [6.07, 6.45) is -8.36. The number of esters is 1.